The lowest BCUT2D eigenvalue weighted by atomic mass is 9.33. The molecule has 42 heavy (non-hydrogen) atoms. The van der Waals surface area contributed by atoms with Gasteiger partial charge in [-0.1, -0.05) is 78.3 Å². The van der Waals surface area contributed by atoms with Crippen molar-refractivity contribution in [1.82, 2.24) is 0 Å². The predicted molar refractivity (Wildman–Crippen MR) is 163 cm³/mol. The van der Waals surface area contributed by atoms with Crippen LogP contribution in [0.4, 0.5) is 0 Å². The van der Waals surface area contributed by atoms with Crippen LogP contribution in [0.3, 0.4) is 0 Å². The Hall–Kier alpha value is -2.43. The summed E-state index contributed by atoms with van der Waals surface area (Å²) in [5.74, 6) is 0.281. The van der Waals surface area contributed by atoms with E-state index in [0.29, 0.717) is 41.9 Å². The molecule has 4 fully saturated rings. The number of Topliss-reactive ketones (excluding diaryl/α,β-unsaturated/α-hetero) is 1. The molecule has 0 spiro atoms. The Balaban J connectivity index is 1.37. The number of fused-ring (bicyclic) bond motifs is 7. The number of esters is 1. The third-order valence-electron chi connectivity index (χ3n) is 14.2. The van der Waals surface area contributed by atoms with E-state index in [4.69, 9.17) is 4.74 Å². The summed E-state index contributed by atoms with van der Waals surface area (Å²) in [6.45, 7) is 15.9. The average molecular weight is 575 g/mol. The molecule has 0 unspecified atom stereocenters. The summed E-state index contributed by atoms with van der Waals surface area (Å²) in [6, 6.07) is 9.14. The SMILES string of the molecule is C[C@H]1[C@H](C)CC[C@]2(C(=O)O)CC[C@]3(C)C(=CC[C@@H]4[C@@]5(C)CC[C@H](OC(=O)c6ccccc6)C(C)(C)[C@@H]5C(=O)C[C@]43C)[C@H]12. The molecule has 1 N–H and O–H groups in total. The van der Waals surface area contributed by atoms with E-state index in [1.165, 1.54) is 5.57 Å². The van der Waals surface area contributed by atoms with Crippen molar-refractivity contribution in [3.05, 3.63) is 47.5 Å². The number of carboxylic acid groups (broad SMARTS) is 1. The lowest BCUT2D eigenvalue weighted by Crippen LogP contribution is -2.68. The third-order valence-corrected chi connectivity index (χ3v) is 14.2. The second-order valence-corrected chi connectivity index (χ2v) is 16.2. The van der Waals surface area contributed by atoms with Crippen LogP contribution in [0.15, 0.2) is 42.0 Å². The van der Waals surface area contributed by atoms with Crippen LogP contribution in [-0.4, -0.2) is 28.9 Å². The summed E-state index contributed by atoms with van der Waals surface area (Å²) in [4.78, 5) is 40.6. The number of aliphatic carboxylic acids is 1. The van der Waals surface area contributed by atoms with E-state index < -0.39 is 16.8 Å². The zero-order valence-corrected chi connectivity index (χ0v) is 26.7. The van der Waals surface area contributed by atoms with Crippen LogP contribution in [0.2, 0.25) is 0 Å². The second-order valence-electron chi connectivity index (χ2n) is 16.2. The van der Waals surface area contributed by atoms with Gasteiger partial charge in [0, 0.05) is 17.8 Å². The highest BCUT2D eigenvalue weighted by atomic mass is 16.5. The van der Waals surface area contributed by atoms with E-state index in [-0.39, 0.29) is 40.2 Å². The fraction of sp³-hybridized carbons (Fsp3) is 0.703. The Morgan fingerprint density at radius 1 is 0.929 bits per heavy atom. The van der Waals surface area contributed by atoms with Crippen molar-refractivity contribution < 1.29 is 24.2 Å². The van der Waals surface area contributed by atoms with Crippen molar-refractivity contribution in [2.75, 3.05) is 0 Å². The molecule has 5 heteroatoms. The van der Waals surface area contributed by atoms with Gasteiger partial charge in [-0.2, -0.15) is 0 Å². The van der Waals surface area contributed by atoms with Crippen LogP contribution in [0.1, 0.15) is 110 Å². The number of rotatable bonds is 3. The number of carboxylic acids is 1. The summed E-state index contributed by atoms with van der Waals surface area (Å²) in [5.41, 5.74) is 0.0363. The third kappa shape index (κ3) is 3.76. The van der Waals surface area contributed by atoms with Gasteiger partial charge < -0.3 is 9.84 Å². The maximum Gasteiger partial charge on any atom is 0.338 e. The van der Waals surface area contributed by atoms with Crippen molar-refractivity contribution in [2.45, 2.75) is 106 Å². The Bertz CT molecular complexity index is 1330. The van der Waals surface area contributed by atoms with Gasteiger partial charge in [0.2, 0.25) is 0 Å². The van der Waals surface area contributed by atoms with Gasteiger partial charge in [-0.3, -0.25) is 9.59 Å². The Morgan fingerprint density at radius 2 is 1.62 bits per heavy atom. The maximum absolute atomic E-state index is 14.5. The van der Waals surface area contributed by atoms with Gasteiger partial charge in [0.15, 0.2) is 0 Å². The molecule has 0 heterocycles. The van der Waals surface area contributed by atoms with Crippen LogP contribution in [0.25, 0.3) is 0 Å². The first-order valence-electron chi connectivity index (χ1n) is 16.4. The standard InChI is InChI=1S/C37H50O5/c1-22-15-18-37(32(40)41)20-19-35(6)25(29(37)23(22)2)13-14-27-34(5)17-16-28(42-31(39)24-11-9-8-10-12-24)33(3,4)30(34)26(38)21-36(27,35)7/h8-13,22-23,27-30H,14-21H2,1-7H3,(H,40,41)/t22-,23+,27-,28+,29+,30+,34-,35-,36-,37+/m1/s1. The van der Waals surface area contributed by atoms with Gasteiger partial charge in [0.25, 0.3) is 0 Å². The summed E-state index contributed by atoms with van der Waals surface area (Å²) >= 11 is 0. The Morgan fingerprint density at radius 3 is 2.29 bits per heavy atom. The van der Waals surface area contributed by atoms with Gasteiger partial charge in [-0.25, -0.2) is 4.79 Å². The normalized spacial score (nSPS) is 45.8. The molecule has 10 atom stereocenters. The largest absolute Gasteiger partial charge is 0.481 e. The van der Waals surface area contributed by atoms with Crippen LogP contribution in [-0.2, 0) is 14.3 Å². The smallest absolute Gasteiger partial charge is 0.338 e. The van der Waals surface area contributed by atoms with Crippen LogP contribution in [0.5, 0.6) is 0 Å². The number of carbonyl (C=O) groups is 3. The van der Waals surface area contributed by atoms with Crippen LogP contribution < -0.4 is 0 Å². The zero-order chi connectivity index (χ0) is 30.5. The molecular weight excluding hydrogens is 524 g/mol. The molecule has 228 valence electrons. The molecule has 5 nitrogen and oxygen atoms in total. The molecule has 6 rings (SSSR count). The van der Waals surface area contributed by atoms with E-state index in [1.807, 2.05) is 18.2 Å². The molecule has 4 saturated carbocycles. The van der Waals surface area contributed by atoms with Crippen molar-refractivity contribution in [1.29, 1.82) is 0 Å². The number of carbonyl (C=O) groups excluding carboxylic acids is 2. The number of benzene rings is 1. The maximum atomic E-state index is 14.5. The zero-order valence-electron chi connectivity index (χ0n) is 26.7. The van der Waals surface area contributed by atoms with E-state index in [0.717, 1.165) is 38.5 Å². The van der Waals surface area contributed by atoms with Crippen LogP contribution in [0, 0.1) is 56.7 Å². The number of hydrogen-bond donors (Lipinski definition) is 1. The van der Waals surface area contributed by atoms with Gasteiger partial charge in [0.05, 0.1) is 11.0 Å². The molecule has 0 bridgehead atoms. The summed E-state index contributed by atoms with van der Waals surface area (Å²) in [5, 5.41) is 10.6. The quantitative estimate of drug-likeness (QED) is 0.291. The van der Waals surface area contributed by atoms with E-state index in [2.05, 4.69) is 54.5 Å². The molecule has 5 aliphatic carbocycles. The van der Waals surface area contributed by atoms with Crippen molar-refractivity contribution in [2.24, 2.45) is 56.7 Å². The second kappa shape index (κ2) is 9.53. The van der Waals surface area contributed by atoms with E-state index in [1.54, 1.807) is 12.1 Å². The molecule has 0 aromatic heterocycles. The van der Waals surface area contributed by atoms with Crippen LogP contribution >= 0.6 is 0 Å². The fourth-order valence-corrected chi connectivity index (χ4v) is 11.7. The number of ether oxygens (including phenoxy) is 1. The number of allylic oxidation sites excluding steroid dienone is 2. The highest BCUT2D eigenvalue weighted by Gasteiger charge is 2.71. The molecule has 0 radical (unpaired) electrons. The summed E-state index contributed by atoms with van der Waals surface area (Å²) in [7, 11) is 0. The molecule has 1 aromatic rings. The minimum atomic E-state index is -0.686. The molecule has 0 aliphatic heterocycles. The minimum absolute atomic E-state index is 0.0282. The van der Waals surface area contributed by atoms with Gasteiger partial charge in [-0.05, 0) is 97.0 Å². The summed E-state index contributed by atoms with van der Waals surface area (Å²) in [6.07, 6.45) is 8.35. The van der Waals surface area contributed by atoms with Gasteiger partial charge in [-0.15, -0.1) is 0 Å². The van der Waals surface area contributed by atoms with Crippen molar-refractivity contribution >= 4 is 17.7 Å². The average Bonchev–Trinajstić information content (AvgIpc) is 2.92. The van der Waals surface area contributed by atoms with Gasteiger partial charge in [0.1, 0.15) is 11.9 Å². The number of ketones is 1. The van der Waals surface area contributed by atoms with Gasteiger partial charge >= 0.3 is 11.9 Å². The van der Waals surface area contributed by atoms with Crippen molar-refractivity contribution in [3.63, 3.8) is 0 Å². The summed E-state index contributed by atoms with van der Waals surface area (Å²) < 4.78 is 6.16. The highest BCUT2D eigenvalue weighted by Crippen LogP contribution is 2.75. The fourth-order valence-electron chi connectivity index (χ4n) is 11.7. The Kier molecular flexibility index (Phi) is 6.73. The monoisotopic (exact) mass is 574 g/mol. The lowest BCUT2D eigenvalue weighted by Gasteiger charge is -2.70. The molecule has 0 saturated heterocycles. The molecule has 1 aromatic carbocycles. The van der Waals surface area contributed by atoms with E-state index >= 15 is 0 Å². The molecule has 5 aliphatic rings. The Labute approximate surface area is 251 Å². The highest BCUT2D eigenvalue weighted by molar-refractivity contribution is 5.90. The minimum Gasteiger partial charge on any atom is -0.481 e. The predicted octanol–water partition coefficient (Wildman–Crippen LogP) is 8.13. The van der Waals surface area contributed by atoms with E-state index in [9.17, 15) is 19.5 Å². The first-order valence-corrected chi connectivity index (χ1v) is 16.4. The molecule has 0 amide bonds. The number of hydrogen-bond acceptors (Lipinski definition) is 4. The topological polar surface area (TPSA) is 80.7 Å². The van der Waals surface area contributed by atoms with Crippen molar-refractivity contribution in [3.8, 4) is 0 Å². The first kappa shape index (κ1) is 29.6. The lowest BCUT2D eigenvalue weighted by molar-refractivity contribution is -0.205. The first-order chi connectivity index (χ1) is 19.6. The molecular formula is C37H50O5.